The van der Waals surface area contributed by atoms with E-state index in [1.807, 2.05) is 38.1 Å². The zero-order chi connectivity index (χ0) is 19.9. The second kappa shape index (κ2) is 7.07. The average molecular weight is 406 g/mol. The summed E-state index contributed by atoms with van der Waals surface area (Å²) in [5, 5.41) is 0.106. The predicted molar refractivity (Wildman–Crippen MR) is 108 cm³/mol. The maximum Gasteiger partial charge on any atom is 0.277 e. The minimum Gasteiger partial charge on any atom is -0.304 e. The number of nitrogens with zero attached hydrogens (tertiary/aromatic N) is 3. The summed E-state index contributed by atoms with van der Waals surface area (Å²) in [4.78, 5) is 19.0. The van der Waals surface area contributed by atoms with Gasteiger partial charge >= 0.3 is 0 Å². The molecule has 27 heavy (non-hydrogen) atoms. The molecule has 0 unspecified atom stereocenters. The summed E-state index contributed by atoms with van der Waals surface area (Å²) in [6.07, 6.45) is 0. The van der Waals surface area contributed by atoms with E-state index in [1.54, 1.807) is 11.0 Å². The van der Waals surface area contributed by atoms with Crippen LogP contribution in [0.25, 0.3) is 0 Å². The van der Waals surface area contributed by atoms with E-state index in [4.69, 9.17) is 11.6 Å². The Balaban J connectivity index is 2.14. The lowest BCUT2D eigenvalue weighted by atomic mass is 10.1. The first kappa shape index (κ1) is 19.5. The summed E-state index contributed by atoms with van der Waals surface area (Å²) in [7, 11) is -0.861. The van der Waals surface area contributed by atoms with Crippen LogP contribution in [0.1, 0.15) is 19.4 Å². The Morgan fingerprint density at radius 3 is 2.41 bits per heavy atom. The zero-order valence-electron chi connectivity index (χ0n) is 15.5. The minimum absolute atomic E-state index is 0.0266. The number of hydrogen-bond donors (Lipinski definition) is 0. The first-order valence-electron chi connectivity index (χ1n) is 8.38. The molecule has 8 heteroatoms. The van der Waals surface area contributed by atoms with Crippen molar-refractivity contribution >= 4 is 44.6 Å². The SMILES string of the molecule is CC(C)N1C(=O)C(=Nc2ccc(Cl)c(S(=O)(=O)N(C)C)c2)c2ccccc21. The fraction of sp³-hybridized carbons (Fsp3) is 0.263. The van der Waals surface area contributed by atoms with Gasteiger partial charge in [-0.05, 0) is 38.1 Å². The Labute approximate surface area is 164 Å². The minimum atomic E-state index is -3.73. The molecule has 0 aliphatic carbocycles. The highest BCUT2D eigenvalue weighted by Crippen LogP contribution is 2.33. The number of benzene rings is 2. The molecule has 0 saturated carbocycles. The van der Waals surface area contributed by atoms with E-state index in [2.05, 4.69) is 4.99 Å². The number of amides is 1. The third-order valence-electron chi connectivity index (χ3n) is 4.27. The smallest absolute Gasteiger partial charge is 0.277 e. The summed E-state index contributed by atoms with van der Waals surface area (Å²) < 4.78 is 26.0. The van der Waals surface area contributed by atoms with Crippen molar-refractivity contribution in [1.29, 1.82) is 0 Å². The van der Waals surface area contributed by atoms with E-state index in [0.29, 0.717) is 5.69 Å². The van der Waals surface area contributed by atoms with Crippen molar-refractivity contribution in [3.05, 3.63) is 53.1 Å². The lowest BCUT2D eigenvalue weighted by Gasteiger charge is -2.20. The van der Waals surface area contributed by atoms with Crippen molar-refractivity contribution < 1.29 is 13.2 Å². The van der Waals surface area contributed by atoms with Gasteiger partial charge < -0.3 is 4.90 Å². The van der Waals surface area contributed by atoms with E-state index >= 15 is 0 Å². The van der Waals surface area contributed by atoms with E-state index < -0.39 is 10.0 Å². The molecule has 3 rings (SSSR count). The molecule has 0 bridgehead atoms. The van der Waals surface area contributed by atoms with Gasteiger partial charge in [0.15, 0.2) is 0 Å². The van der Waals surface area contributed by atoms with Crippen LogP contribution in [0.2, 0.25) is 5.02 Å². The third kappa shape index (κ3) is 3.38. The normalized spacial score (nSPS) is 15.9. The van der Waals surface area contributed by atoms with Crippen molar-refractivity contribution in [1.82, 2.24) is 4.31 Å². The fourth-order valence-electron chi connectivity index (χ4n) is 2.93. The molecule has 1 amide bonds. The predicted octanol–water partition coefficient (Wildman–Crippen LogP) is 3.47. The van der Waals surface area contributed by atoms with Gasteiger partial charge in [-0.15, -0.1) is 0 Å². The lowest BCUT2D eigenvalue weighted by molar-refractivity contribution is -0.112. The molecule has 142 valence electrons. The van der Waals surface area contributed by atoms with Gasteiger partial charge in [-0.25, -0.2) is 17.7 Å². The molecule has 1 heterocycles. The van der Waals surface area contributed by atoms with Crippen molar-refractivity contribution in [2.45, 2.75) is 24.8 Å². The van der Waals surface area contributed by atoms with Crippen LogP contribution in [0.5, 0.6) is 0 Å². The van der Waals surface area contributed by atoms with Gasteiger partial charge in [-0.3, -0.25) is 4.79 Å². The van der Waals surface area contributed by atoms with Gasteiger partial charge in [0, 0.05) is 25.7 Å². The first-order valence-corrected chi connectivity index (χ1v) is 10.2. The van der Waals surface area contributed by atoms with Crippen molar-refractivity contribution in [3.63, 3.8) is 0 Å². The summed E-state index contributed by atoms with van der Waals surface area (Å²) >= 11 is 6.09. The molecule has 0 aromatic heterocycles. The Kier molecular flexibility index (Phi) is 5.12. The summed E-state index contributed by atoms with van der Waals surface area (Å²) in [6.45, 7) is 3.86. The molecule has 0 radical (unpaired) electrons. The summed E-state index contributed by atoms with van der Waals surface area (Å²) in [5.41, 5.74) is 2.16. The number of sulfonamides is 1. The number of fused-ring (bicyclic) bond motifs is 1. The van der Waals surface area contributed by atoms with Crippen LogP contribution in [0.15, 0.2) is 52.4 Å². The topological polar surface area (TPSA) is 70.0 Å². The van der Waals surface area contributed by atoms with Crippen molar-refractivity contribution in [3.8, 4) is 0 Å². The Morgan fingerprint density at radius 1 is 1.11 bits per heavy atom. The lowest BCUT2D eigenvalue weighted by Crippen LogP contribution is -2.35. The highest BCUT2D eigenvalue weighted by molar-refractivity contribution is 7.89. The average Bonchev–Trinajstić information content (AvgIpc) is 2.88. The van der Waals surface area contributed by atoms with Gasteiger partial charge in [-0.1, -0.05) is 29.8 Å². The van der Waals surface area contributed by atoms with Crippen LogP contribution in [-0.2, 0) is 14.8 Å². The van der Waals surface area contributed by atoms with Gasteiger partial charge in [0.25, 0.3) is 5.91 Å². The molecule has 1 aliphatic heterocycles. The van der Waals surface area contributed by atoms with Gasteiger partial charge in [0.05, 0.1) is 16.4 Å². The molecule has 0 atom stereocenters. The number of rotatable bonds is 4. The Bertz CT molecular complexity index is 1050. The van der Waals surface area contributed by atoms with Crippen LogP contribution >= 0.6 is 11.6 Å². The molecule has 0 N–H and O–H groups in total. The van der Waals surface area contributed by atoms with Crippen molar-refractivity contribution in [2.24, 2.45) is 4.99 Å². The van der Waals surface area contributed by atoms with E-state index in [9.17, 15) is 13.2 Å². The second-order valence-corrected chi connectivity index (χ2v) is 9.18. The zero-order valence-corrected chi connectivity index (χ0v) is 17.0. The van der Waals surface area contributed by atoms with Gasteiger partial charge in [0.2, 0.25) is 10.0 Å². The van der Waals surface area contributed by atoms with Crippen LogP contribution < -0.4 is 4.90 Å². The molecule has 0 spiro atoms. The first-order chi connectivity index (χ1) is 12.6. The number of hydrogen-bond acceptors (Lipinski definition) is 4. The quantitative estimate of drug-likeness (QED) is 0.782. The maximum absolute atomic E-state index is 12.9. The standard InChI is InChI=1S/C19H20ClN3O3S/c1-12(2)23-16-8-6-5-7-14(16)18(19(23)24)21-13-9-10-15(20)17(11-13)27(25,26)22(3)4/h5-12H,1-4H3. The molecular weight excluding hydrogens is 386 g/mol. The van der Waals surface area contributed by atoms with Gasteiger partial charge in [0.1, 0.15) is 10.6 Å². The van der Waals surface area contributed by atoms with E-state index in [0.717, 1.165) is 15.6 Å². The molecule has 0 fully saturated rings. The monoisotopic (exact) mass is 405 g/mol. The molecule has 1 aliphatic rings. The number of anilines is 1. The van der Waals surface area contributed by atoms with E-state index in [1.165, 1.54) is 26.2 Å². The number of halogens is 1. The van der Waals surface area contributed by atoms with Crippen LogP contribution in [-0.4, -0.2) is 44.5 Å². The summed E-state index contributed by atoms with van der Waals surface area (Å²) in [5.74, 6) is -0.210. The van der Waals surface area contributed by atoms with Gasteiger partial charge in [-0.2, -0.15) is 0 Å². The molecule has 2 aromatic carbocycles. The number of para-hydroxylation sites is 1. The highest BCUT2D eigenvalue weighted by Gasteiger charge is 2.35. The van der Waals surface area contributed by atoms with Crippen LogP contribution in [0.4, 0.5) is 11.4 Å². The molecule has 2 aromatic rings. The van der Waals surface area contributed by atoms with Crippen LogP contribution in [0.3, 0.4) is 0 Å². The van der Waals surface area contributed by atoms with Crippen molar-refractivity contribution in [2.75, 3.05) is 19.0 Å². The molecule has 6 nitrogen and oxygen atoms in total. The van der Waals surface area contributed by atoms with Crippen LogP contribution in [0, 0.1) is 0 Å². The Morgan fingerprint density at radius 2 is 1.78 bits per heavy atom. The second-order valence-electron chi connectivity index (χ2n) is 6.65. The number of carbonyl (C=O) groups excluding carboxylic acids is 1. The third-order valence-corrected chi connectivity index (χ3v) is 6.57. The maximum atomic E-state index is 12.9. The largest absolute Gasteiger partial charge is 0.304 e. The fourth-order valence-corrected chi connectivity index (χ4v) is 4.32. The molecule has 0 saturated heterocycles. The number of carbonyl (C=O) groups is 1. The van der Waals surface area contributed by atoms with E-state index in [-0.39, 0.29) is 27.6 Å². The number of aliphatic imine (C=N–C) groups is 1. The molecular formula is C19H20ClN3O3S. The highest BCUT2D eigenvalue weighted by atomic mass is 35.5. The Hall–Kier alpha value is -2.22. The summed E-state index contributed by atoms with van der Waals surface area (Å²) in [6, 6.07) is 11.9.